The Kier molecular flexibility index (Phi) is 5.09. The minimum atomic E-state index is -0.342. The molecule has 3 atom stereocenters. The Bertz CT molecular complexity index is 666. The van der Waals surface area contributed by atoms with Gasteiger partial charge in [0.2, 0.25) is 0 Å². The van der Waals surface area contributed by atoms with E-state index >= 15 is 0 Å². The molecule has 0 spiro atoms. The Morgan fingerprint density at radius 1 is 1.25 bits per heavy atom. The number of anilines is 1. The minimum absolute atomic E-state index is 0.0745. The Morgan fingerprint density at radius 2 is 1.96 bits per heavy atom. The third kappa shape index (κ3) is 3.73. The summed E-state index contributed by atoms with van der Waals surface area (Å²) >= 11 is 0. The Morgan fingerprint density at radius 3 is 2.58 bits per heavy atom. The summed E-state index contributed by atoms with van der Waals surface area (Å²) in [6.07, 6.45) is 5.48. The van der Waals surface area contributed by atoms with Gasteiger partial charge in [-0.3, -0.25) is 4.68 Å². The molecular weight excluding hydrogens is 302 g/mol. The fourth-order valence-corrected chi connectivity index (χ4v) is 3.29. The van der Waals surface area contributed by atoms with E-state index in [4.69, 9.17) is 4.74 Å². The zero-order valence-corrected chi connectivity index (χ0v) is 14.7. The zero-order chi connectivity index (χ0) is 17.1. The van der Waals surface area contributed by atoms with Crippen LogP contribution in [0.3, 0.4) is 0 Å². The number of hydrogen-bond acceptors (Lipinski definition) is 4. The zero-order valence-electron chi connectivity index (χ0n) is 14.7. The first kappa shape index (κ1) is 16.8. The second-order valence-corrected chi connectivity index (χ2v) is 6.71. The fraction of sp³-hybridized carbons (Fsp3) is 0.526. The van der Waals surface area contributed by atoms with E-state index < -0.39 is 0 Å². The number of rotatable bonds is 5. The van der Waals surface area contributed by atoms with Crippen LogP contribution in [0.25, 0.3) is 0 Å². The highest BCUT2D eigenvalue weighted by Crippen LogP contribution is 2.26. The Labute approximate surface area is 143 Å². The van der Waals surface area contributed by atoms with Gasteiger partial charge in [-0.1, -0.05) is 6.42 Å². The van der Waals surface area contributed by atoms with Crippen LogP contribution < -0.4 is 10.1 Å². The van der Waals surface area contributed by atoms with Gasteiger partial charge in [0.05, 0.1) is 18.3 Å². The molecule has 1 aromatic heterocycles. The largest absolute Gasteiger partial charge is 0.488 e. The standard InChI is InChI=1S/C19H27N3O2/c1-13(17-12-20-22(3)14(17)2)21-15-8-10-16(11-9-15)24-19-7-5-4-6-18(19)23/h8-13,18-19,21,23H,4-7H2,1-3H3. The van der Waals surface area contributed by atoms with Crippen LogP contribution in [0, 0.1) is 6.92 Å². The highest BCUT2D eigenvalue weighted by molar-refractivity contribution is 5.48. The minimum Gasteiger partial charge on any atom is -0.488 e. The number of nitrogens with one attached hydrogen (secondary N) is 1. The van der Waals surface area contributed by atoms with E-state index in [1.165, 1.54) is 11.3 Å². The third-order valence-electron chi connectivity index (χ3n) is 4.93. The van der Waals surface area contributed by atoms with Gasteiger partial charge in [-0.2, -0.15) is 5.10 Å². The lowest BCUT2D eigenvalue weighted by Crippen LogP contribution is -2.34. The van der Waals surface area contributed by atoms with Crippen molar-refractivity contribution in [2.45, 2.75) is 57.8 Å². The van der Waals surface area contributed by atoms with Crippen molar-refractivity contribution in [1.29, 1.82) is 0 Å². The van der Waals surface area contributed by atoms with Crippen molar-refractivity contribution in [3.8, 4) is 5.75 Å². The van der Waals surface area contributed by atoms with Crippen LogP contribution in [0.5, 0.6) is 5.75 Å². The molecule has 24 heavy (non-hydrogen) atoms. The molecule has 0 amide bonds. The molecular formula is C19H27N3O2. The normalized spacial score (nSPS) is 22.2. The molecule has 2 N–H and O–H groups in total. The van der Waals surface area contributed by atoms with E-state index in [-0.39, 0.29) is 18.2 Å². The van der Waals surface area contributed by atoms with Crippen LogP contribution in [0.2, 0.25) is 0 Å². The smallest absolute Gasteiger partial charge is 0.124 e. The van der Waals surface area contributed by atoms with Gasteiger partial charge in [0.15, 0.2) is 0 Å². The molecule has 0 radical (unpaired) electrons. The van der Waals surface area contributed by atoms with Crippen LogP contribution in [-0.4, -0.2) is 27.1 Å². The summed E-state index contributed by atoms with van der Waals surface area (Å²) in [6.45, 7) is 4.21. The molecule has 3 rings (SSSR count). The van der Waals surface area contributed by atoms with Gasteiger partial charge in [0, 0.05) is 24.0 Å². The highest BCUT2D eigenvalue weighted by atomic mass is 16.5. The van der Waals surface area contributed by atoms with Crippen molar-refractivity contribution >= 4 is 5.69 Å². The van der Waals surface area contributed by atoms with E-state index in [1.54, 1.807) is 0 Å². The van der Waals surface area contributed by atoms with E-state index in [9.17, 15) is 5.11 Å². The maximum Gasteiger partial charge on any atom is 0.124 e. The summed E-state index contributed by atoms with van der Waals surface area (Å²) in [5, 5.41) is 17.8. The number of ether oxygens (including phenoxy) is 1. The maximum absolute atomic E-state index is 10.0. The predicted octanol–water partition coefficient (Wildman–Crippen LogP) is 3.58. The van der Waals surface area contributed by atoms with Crippen LogP contribution in [0.15, 0.2) is 30.5 Å². The van der Waals surface area contributed by atoms with Crippen LogP contribution in [0.1, 0.15) is 49.9 Å². The first-order chi connectivity index (χ1) is 11.5. The SMILES string of the molecule is Cc1c(C(C)Nc2ccc(OC3CCCCC3O)cc2)cnn1C. The first-order valence-corrected chi connectivity index (χ1v) is 8.74. The van der Waals surface area contributed by atoms with E-state index in [0.717, 1.165) is 37.1 Å². The average Bonchev–Trinajstić information content (AvgIpc) is 2.91. The molecule has 1 aliphatic carbocycles. The lowest BCUT2D eigenvalue weighted by molar-refractivity contribution is 0.00688. The van der Waals surface area contributed by atoms with E-state index in [0.29, 0.717) is 0 Å². The first-order valence-electron chi connectivity index (χ1n) is 8.74. The molecule has 0 bridgehead atoms. The van der Waals surface area contributed by atoms with Crippen molar-refractivity contribution in [2.24, 2.45) is 7.05 Å². The van der Waals surface area contributed by atoms with Crippen molar-refractivity contribution < 1.29 is 9.84 Å². The second kappa shape index (κ2) is 7.26. The summed E-state index contributed by atoms with van der Waals surface area (Å²) in [5.74, 6) is 0.816. The molecule has 1 aliphatic rings. The van der Waals surface area contributed by atoms with Gasteiger partial charge in [-0.25, -0.2) is 0 Å². The molecule has 0 saturated heterocycles. The molecule has 130 valence electrons. The van der Waals surface area contributed by atoms with Crippen molar-refractivity contribution in [1.82, 2.24) is 9.78 Å². The Balaban J connectivity index is 1.61. The number of hydrogen-bond donors (Lipinski definition) is 2. The number of aliphatic hydroxyl groups excluding tert-OH is 1. The monoisotopic (exact) mass is 329 g/mol. The number of aryl methyl sites for hydroxylation is 1. The lowest BCUT2D eigenvalue weighted by atomic mass is 9.95. The van der Waals surface area contributed by atoms with Gasteiger partial charge in [0.25, 0.3) is 0 Å². The van der Waals surface area contributed by atoms with Crippen LogP contribution >= 0.6 is 0 Å². The number of aromatic nitrogens is 2. The van der Waals surface area contributed by atoms with Gasteiger partial charge >= 0.3 is 0 Å². The molecule has 1 fully saturated rings. The molecule has 3 unspecified atom stereocenters. The fourth-order valence-electron chi connectivity index (χ4n) is 3.29. The second-order valence-electron chi connectivity index (χ2n) is 6.71. The summed E-state index contributed by atoms with van der Waals surface area (Å²) in [6, 6.07) is 8.16. The topological polar surface area (TPSA) is 59.3 Å². The highest BCUT2D eigenvalue weighted by Gasteiger charge is 2.24. The summed E-state index contributed by atoms with van der Waals surface area (Å²) in [7, 11) is 1.96. The summed E-state index contributed by atoms with van der Waals surface area (Å²) in [4.78, 5) is 0. The lowest BCUT2D eigenvalue weighted by Gasteiger charge is -2.28. The number of aliphatic hydroxyl groups is 1. The quantitative estimate of drug-likeness (QED) is 0.880. The average molecular weight is 329 g/mol. The van der Waals surface area contributed by atoms with Crippen LogP contribution in [-0.2, 0) is 7.05 Å². The summed E-state index contributed by atoms with van der Waals surface area (Å²) in [5.41, 5.74) is 3.41. The molecule has 1 aromatic carbocycles. The van der Waals surface area contributed by atoms with Crippen molar-refractivity contribution in [2.75, 3.05) is 5.32 Å². The molecule has 2 aromatic rings. The Hall–Kier alpha value is -2.01. The number of nitrogens with zero attached hydrogens (tertiary/aromatic N) is 2. The molecule has 1 heterocycles. The molecule has 5 nitrogen and oxygen atoms in total. The van der Waals surface area contributed by atoms with Gasteiger partial charge < -0.3 is 15.2 Å². The van der Waals surface area contributed by atoms with Crippen molar-refractivity contribution in [3.05, 3.63) is 41.7 Å². The summed E-state index contributed by atoms with van der Waals surface area (Å²) < 4.78 is 7.83. The maximum atomic E-state index is 10.0. The molecule has 0 aliphatic heterocycles. The van der Waals surface area contributed by atoms with Crippen LogP contribution in [0.4, 0.5) is 5.69 Å². The van der Waals surface area contributed by atoms with Crippen molar-refractivity contribution in [3.63, 3.8) is 0 Å². The predicted molar refractivity (Wildman–Crippen MR) is 95.3 cm³/mol. The van der Waals surface area contributed by atoms with E-state index in [2.05, 4.69) is 24.3 Å². The van der Waals surface area contributed by atoms with E-state index in [1.807, 2.05) is 42.2 Å². The van der Waals surface area contributed by atoms with Gasteiger partial charge in [-0.05, 0) is 57.4 Å². The third-order valence-corrected chi connectivity index (χ3v) is 4.93. The molecule has 5 heteroatoms. The van der Waals surface area contributed by atoms with Gasteiger partial charge in [0.1, 0.15) is 11.9 Å². The number of benzene rings is 1. The molecule has 1 saturated carbocycles. The van der Waals surface area contributed by atoms with Gasteiger partial charge in [-0.15, -0.1) is 0 Å².